The minimum atomic E-state index is 0.356. The van der Waals surface area contributed by atoms with Crippen LogP contribution in [-0.2, 0) is 11.3 Å². The van der Waals surface area contributed by atoms with Crippen LogP contribution in [0.2, 0.25) is 0 Å². The highest BCUT2D eigenvalue weighted by Crippen LogP contribution is 2.26. The summed E-state index contributed by atoms with van der Waals surface area (Å²) >= 11 is 0. The number of nitrogens with zero attached hydrogens (tertiary/aromatic N) is 2. The summed E-state index contributed by atoms with van der Waals surface area (Å²) in [6, 6.07) is 7.88. The van der Waals surface area contributed by atoms with Gasteiger partial charge in [-0.25, -0.2) is 0 Å². The van der Waals surface area contributed by atoms with Gasteiger partial charge < -0.3 is 15.0 Å². The summed E-state index contributed by atoms with van der Waals surface area (Å²) in [5, 5.41) is 4.09. The average Bonchev–Trinajstić information content (AvgIpc) is 2.98. The Bertz CT molecular complexity index is 530. The number of hydrogen-bond donors (Lipinski definition) is 1. The van der Waals surface area contributed by atoms with E-state index in [2.05, 4.69) is 10.1 Å². The van der Waals surface area contributed by atoms with Gasteiger partial charge in [0.1, 0.15) is 0 Å². The fourth-order valence-electron chi connectivity index (χ4n) is 2.26. The zero-order valence-corrected chi connectivity index (χ0v) is 10.7. The van der Waals surface area contributed by atoms with Crippen LogP contribution in [0.1, 0.15) is 30.1 Å². The monoisotopic (exact) mass is 259 g/mol. The van der Waals surface area contributed by atoms with Crippen molar-refractivity contribution in [2.45, 2.75) is 25.3 Å². The van der Waals surface area contributed by atoms with Gasteiger partial charge in [-0.3, -0.25) is 0 Å². The maximum atomic E-state index is 5.58. The first-order chi connectivity index (χ1) is 9.36. The highest BCUT2D eigenvalue weighted by Gasteiger charge is 2.21. The van der Waals surface area contributed by atoms with Crippen molar-refractivity contribution in [2.24, 2.45) is 5.73 Å². The van der Waals surface area contributed by atoms with Crippen LogP contribution < -0.4 is 5.73 Å². The first-order valence-electron chi connectivity index (χ1n) is 6.57. The largest absolute Gasteiger partial charge is 0.381 e. The summed E-state index contributed by atoms with van der Waals surface area (Å²) in [6.45, 7) is 2.09. The molecule has 1 aliphatic heterocycles. The van der Waals surface area contributed by atoms with Crippen molar-refractivity contribution in [2.75, 3.05) is 13.2 Å². The second-order valence-electron chi connectivity index (χ2n) is 4.75. The Hall–Kier alpha value is -1.72. The molecule has 100 valence electrons. The van der Waals surface area contributed by atoms with Crippen molar-refractivity contribution < 1.29 is 9.26 Å². The van der Waals surface area contributed by atoms with E-state index in [1.807, 2.05) is 24.3 Å². The minimum absolute atomic E-state index is 0.356. The zero-order chi connectivity index (χ0) is 13.1. The van der Waals surface area contributed by atoms with E-state index in [1.54, 1.807) is 0 Å². The van der Waals surface area contributed by atoms with Crippen LogP contribution in [0.3, 0.4) is 0 Å². The third kappa shape index (κ3) is 2.67. The molecule has 0 saturated carbocycles. The Kier molecular flexibility index (Phi) is 3.57. The van der Waals surface area contributed by atoms with Gasteiger partial charge in [0.25, 0.3) is 5.89 Å². The molecule has 0 atom stereocenters. The Labute approximate surface area is 111 Å². The Morgan fingerprint density at radius 1 is 1.16 bits per heavy atom. The zero-order valence-electron chi connectivity index (χ0n) is 10.7. The summed E-state index contributed by atoms with van der Waals surface area (Å²) in [7, 11) is 0. The lowest BCUT2D eigenvalue weighted by atomic mass is 10.00. The highest BCUT2D eigenvalue weighted by atomic mass is 16.5. The molecule has 3 rings (SSSR count). The van der Waals surface area contributed by atoms with Crippen LogP contribution in [0.15, 0.2) is 28.8 Å². The minimum Gasteiger partial charge on any atom is -0.381 e. The molecule has 0 radical (unpaired) electrons. The van der Waals surface area contributed by atoms with Crippen molar-refractivity contribution in [1.29, 1.82) is 0 Å². The molecule has 1 saturated heterocycles. The van der Waals surface area contributed by atoms with E-state index in [-0.39, 0.29) is 0 Å². The number of benzene rings is 1. The van der Waals surface area contributed by atoms with Crippen molar-refractivity contribution in [3.05, 3.63) is 35.7 Å². The van der Waals surface area contributed by atoms with E-state index in [1.165, 1.54) is 0 Å². The molecule has 0 spiro atoms. The lowest BCUT2D eigenvalue weighted by molar-refractivity contribution is 0.0830. The maximum Gasteiger partial charge on any atom is 0.257 e. The van der Waals surface area contributed by atoms with Crippen molar-refractivity contribution >= 4 is 0 Å². The van der Waals surface area contributed by atoms with Crippen LogP contribution in [0.5, 0.6) is 0 Å². The molecule has 1 aromatic carbocycles. The fraction of sp³-hybridized carbons (Fsp3) is 0.429. The molecule has 0 aliphatic carbocycles. The van der Waals surface area contributed by atoms with Crippen molar-refractivity contribution in [1.82, 2.24) is 10.1 Å². The molecule has 19 heavy (non-hydrogen) atoms. The third-order valence-electron chi connectivity index (χ3n) is 3.46. The van der Waals surface area contributed by atoms with Gasteiger partial charge in [0.15, 0.2) is 5.82 Å². The van der Waals surface area contributed by atoms with Gasteiger partial charge in [0.2, 0.25) is 0 Å². The molecule has 1 aliphatic rings. The quantitative estimate of drug-likeness (QED) is 0.913. The predicted octanol–water partition coefficient (Wildman–Crippen LogP) is 2.09. The Morgan fingerprint density at radius 3 is 2.58 bits per heavy atom. The van der Waals surface area contributed by atoms with E-state index >= 15 is 0 Å². The van der Waals surface area contributed by atoms with Gasteiger partial charge >= 0.3 is 0 Å². The molecule has 5 nitrogen and oxygen atoms in total. The molecule has 2 heterocycles. The SMILES string of the molecule is NCc1ccc(-c2nc(C3CCOCC3)no2)cc1. The van der Waals surface area contributed by atoms with E-state index in [9.17, 15) is 0 Å². The van der Waals surface area contributed by atoms with Crippen LogP contribution in [0.4, 0.5) is 0 Å². The lowest BCUT2D eigenvalue weighted by Gasteiger charge is -2.18. The summed E-state index contributed by atoms with van der Waals surface area (Å²) in [5.74, 6) is 1.72. The van der Waals surface area contributed by atoms with Crippen molar-refractivity contribution in [3.63, 3.8) is 0 Å². The topological polar surface area (TPSA) is 74.2 Å². The summed E-state index contributed by atoms with van der Waals surface area (Å²) in [5.41, 5.74) is 7.60. The summed E-state index contributed by atoms with van der Waals surface area (Å²) < 4.78 is 10.7. The van der Waals surface area contributed by atoms with Gasteiger partial charge in [0.05, 0.1) is 0 Å². The number of rotatable bonds is 3. The average molecular weight is 259 g/mol. The highest BCUT2D eigenvalue weighted by molar-refractivity contribution is 5.53. The fourth-order valence-corrected chi connectivity index (χ4v) is 2.26. The molecular formula is C14H17N3O2. The smallest absolute Gasteiger partial charge is 0.257 e. The van der Waals surface area contributed by atoms with E-state index in [0.29, 0.717) is 18.4 Å². The molecular weight excluding hydrogens is 242 g/mol. The van der Waals surface area contributed by atoms with Gasteiger partial charge in [0, 0.05) is 31.2 Å². The standard InChI is InChI=1S/C14H17N3O2/c15-9-10-1-3-12(4-2-10)14-16-13(17-19-14)11-5-7-18-8-6-11/h1-4,11H,5-9,15H2. The van der Waals surface area contributed by atoms with Gasteiger partial charge in [-0.1, -0.05) is 17.3 Å². The molecule has 1 fully saturated rings. The van der Waals surface area contributed by atoms with E-state index in [0.717, 1.165) is 43.0 Å². The van der Waals surface area contributed by atoms with Crippen LogP contribution in [0, 0.1) is 0 Å². The maximum absolute atomic E-state index is 5.58. The number of hydrogen-bond acceptors (Lipinski definition) is 5. The predicted molar refractivity (Wildman–Crippen MR) is 70.4 cm³/mol. The Balaban J connectivity index is 1.79. The molecule has 2 aromatic rings. The number of nitrogens with two attached hydrogens (primary N) is 1. The van der Waals surface area contributed by atoms with Crippen molar-refractivity contribution in [3.8, 4) is 11.5 Å². The molecule has 2 N–H and O–H groups in total. The molecule has 5 heteroatoms. The van der Waals surface area contributed by atoms with Gasteiger partial charge in [-0.05, 0) is 30.5 Å². The first-order valence-corrected chi connectivity index (χ1v) is 6.57. The second kappa shape index (κ2) is 5.50. The number of aromatic nitrogens is 2. The van der Waals surface area contributed by atoms with E-state index in [4.69, 9.17) is 15.0 Å². The Morgan fingerprint density at radius 2 is 1.89 bits per heavy atom. The summed E-state index contributed by atoms with van der Waals surface area (Å²) in [4.78, 5) is 4.50. The normalized spacial score (nSPS) is 16.7. The second-order valence-corrected chi connectivity index (χ2v) is 4.75. The molecule has 0 bridgehead atoms. The summed E-state index contributed by atoms with van der Waals surface area (Å²) in [6.07, 6.45) is 1.93. The van der Waals surface area contributed by atoms with Gasteiger partial charge in [-0.2, -0.15) is 4.98 Å². The molecule has 0 amide bonds. The van der Waals surface area contributed by atoms with Gasteiger partial charge in [-0.15, -0.1) is 0 Å². The van der Waals surface area contributed by atoms with Crippen LogP contribution in [0.25, 0.3) is 11.5 Å². The van der Waals surface area contributed by atoms with Crippen LogP contribution in [-0.4, -0.2) is 23.4 Å². The first kappa shape index (κ1) is 12.3. The molecule has 0 unspecified atom stereocenters. The number of ether oxygens (including phenoxy) is 1. The van der Waals surface area contributed by atoms with E-state index < -0.39 is 0 Å². The lowest BCUT2D eigenvalue weighted by Crippen LogP contribution is -2.15. The third-order valence-corrected chi connectivity index (χ3v) is 3.46. The molecule has 1 aromatic heterocycles. The van der Waals surface area contributed by atoms with Crippen LogP contribution >= 0.6 is 0 Å².